The zero-order valence-corrected chi connectivity index (χ0v) is 20.3. The Morgan fingerprint density at radius 1 is 1.09 bits per heavy atom. The van der Waals surface area contributed by atoms with Crippen molar-refractivity contribution >= 4 is 29.5 Å². The Balaban J connectivity index is 1.63. The third kappa shape index (κ3) is 7.05. The summed E-state index contributed by atoms with van der Waals surface area (Å²) in [6.45, 7) is 9.84. The van der Waals surface area contributed by atoms with E-state index in [1.165, 1.54) is 6.33 Å². The summed E-state index contributed by atoms with van der Waals surface area (Å²) in [4.78, 5) is 37.2. The number of esters is 1. The SMILES string of the molecule is CC(CC(=O)OCc1ccccc1)c1c(Cl)ncnc1N1CCN(C(=O)OC(C)(C)C)CC1. The normalized spacial score (nSPS) is 15.2. The van der Waals surface area contributed by atoms with Crippen LogP contribution in [0, 0.1) is 0 Å². The molecule has 1 fully saturated rings. The summed E-state index contributed by atoms with van der Waals surface area (Å²) in [7, 11) is 0. The molecule has 0 radical (unpaired) electrons. The maximum Gasteiger partial charge on any atom is 0.410 e. The van der Waals surface area contributed by atoms with Crippen molar-refractivity contribution in [3.63, 3.8) is 0 Å². The molecule has 2 aromatic rings. The van der Waals surface area contributed by atoms with Gasteiger partial charge in [0.15, 0.2) is 0 Å². The van der Waals surface area contributed by atoms with Gasteiger partial charge in [-0.15, -0.1) is 0 Å². The maximum atomic E-state index is 12.5. The number of halogens is 1. The fourth-order valence-electron chi connectivity index (χ4n) is 3.62. The van der Waals surface area contributed by atoms with Crippen molar-refractivity contribution in [1.29, 1.82) is 0 Å². The molecule has 9 heteroatoms. The Labute approximate surface area is 199 Å². The Hall–Kier alpha value is -2.87. The predicted molar refractivity (Wildman–Crippen MR) is 126 cm³/mol. The minimum Gasteiger partial charge on any atom is -0.461 e. The first-order valence-electron chi connectivity index (χ1n) is 11.1. The number of benzene rings is 1. The van der Waals surface area contributed by atoms with E-state index in [9.17, 15) is 9.59 Å². The molecule has 1 saturated heterocycles. The van der Waals surface area contributed by atoms with Gasteiger partial charge < -0.3 is 19.3 Å². The number of hydrogen-bond acceptors (Lipinski definition) is 7. The maximum absolute atomic E-state index is 12.5. The molecule has 0 spiro atoms. The first kappa shape index (κ1) is 24.8. The van der Waals surface area contributed by atoms with Crippen molar-refractivity contribution in [2.24, 2.45) is 0 Å². The topological polar surface area (TPSA) is 84.9 Å². The van der Waals surface area contributed by atoms with E-state index in [0.29, 0.717) is 42.7 Å². The Morgan fingerprint density at radius 3 is 2.39 bits per heavy atom. The number of nitrogens with zero attached hydrogens (tertiary/aromatic N) is 4. The second-order valence-corrected chi connectivity index (χ2v) is 9.47. The number of hydrogen-bond donors (Lipinski definition) is 0. The van der Waals surface area contributed by atoms with Gasteiger partial charge in [0, 0.05) is 31.7 Å². The molecule has 1 aromatic carbocycles. The molecule has 2 heterocycles. The summed E-state index contributed by atoms with van der Waals surface area (Å²) < 4.78 is 10.9. The van der Waals surface area contributed by atoms with Crippen LogP contribution in [0.5, 0.6) is 0 Å². The van der Waals surface area contributed by atoms with E-state index in [-0.39, 0.29) is 31.0 Å². The summed E-state index contributed by atoms with van der Waals surface area (Å²) in [5, 5.41) is 0.318. The highest BCUT2D eigenvalue weighted by molar-refractivity contribution is 6.30. The van der Waals surface area contributed by atoms with E-state index in [1.807, 2.05) is 58.0 Å². The highest BCUT2D eigenvalue weighted by Crippen LogP contribution is 2.33. The van der Waals surface area contributed by atoms with Crippen molar-refractivity contribution < 1.29 is 19.1 Å². The third-order valence-corrected chi connectivity index (χ3v) is 5.55. The fraction of sp³-hybridized carbons (Fsp3) is 0.500. The van der Waals surface area contributed by atoms with Gasteiger partial charge in [-0.25, -0.2) is 14.8 Å². The lowest BCUT2D eigenvalue weighted by Crippen LogP contribution is -2.50. The molecule has 1 aliphatic rings. The molecule has 1 aliphatic heterocycles. The zero-order chi connectivity index (χ0) is 24.0. The van der Waals surface area contributed by atoms with Gasteiger partial charge in [0.2, 0.25) is 0 Å². The molecule has 0 N–H and O–H groups in total. The minimum atomic E-state index is -0.536. The van der Waals surface area contributed by atoms with Gasteiger partial charge in [0.25, 0.3) is 0 Å². The van der Waals surface area contributed by atoms with Crippen LogP contribution in [0.2, 0.25) is 5.15 Å². The average Bonchev–Trinajstić information content (AvgIpc) is 2.77. The van der Waals surface area contributed by atoms with Crippen molar-refractivity contribution in [3.05, 3.63) is 52.9 Å². The van der Waals surface area contributed by atoms with Crippen molar-refractivity contribution in [3.8, 4) is 0 Å². The molecule has 0 saturated carbocycles. The molecular formula is C24H31ClN4O4. The number of carbonyl (C=O) groups excluding carboxylic acids is 2. The Kier molecular flexibility index (Phi) is 8.13. The van der Waals surface area contributed by atoms with Crippen molar-refractivity contribution in [1.82, 2.24) is 14.9 Å². The standard InChI is InChI=1S/C24H31ClN4O4/c1-17(14-19(30)32-15-18-8-6-5-7-9-18)20-21(25)26-16-27-22(20)28-10-12-29(13-11-28)23(31)33-24(2,3)4/h5-9,16-17H,10-15H2,1-4H3. The van der Waals surface area contributed by atoms with Crippen LogP contribution in [0.3, 0.4) is 0 Å². The number of aromatic nitrogens is 2. The van der Waals surface area contributed by atoms with E-state index in [2.05, 4.69) is 14.9 Å². The van der Waals surface area contributed by atoms with E-state index in [4.69, 9.17) is 21.1 Å². The fourth-order valence-corrected chi connectivity index (χ4v) is 3.93. The van der Waals surface area contributed by atoms with Crippen LogP contribution in [-0.2, 0) is 20.9 Å². The molecule has 1 atom stereocenters. The summed E-state index contributed by atoms with van der Waals surface area (Å²) in [6, 6.07) is 9.55. The van der Waals surface area contributed by atoms with Gasteiger partial charge in [-0.3, -0.25) is 4.79 Å². The van der Waals surface area contributed by atoms with E-state index >= 15 is 0 Å². The summed E-state index contributed by atoms with van der Waals surface area (Å²) >= 11 is 6.44. The monoisotopic (exact) mass is 474 g/mol. The summed E-state index contributed by atoms with van der Waals surface area (Å²) in [5.41, 5.74) is 1.11. The van der Waals surface area contributed by atoms with Gasteiger partial charge in [0.1, 0.15) is 29.5 Å². The number of ether oxygens (including phenoxy) is 2. The smallest absolute Gasteiger partial charge is 0.410 e. The molecule has 0 aliphatic carbocycles. The van der Waals surface area contributed by atoms with Crippen LogP contribution >= 0.6 is 11.6 Å². The lowest BCUT2D eigenvalue weighted by molar-refractivity contribution is -0.145. The highest BCUT2D eigenvalue weighted by atomic mass is 35.5. The minimum absolute atomic E-state index is 0.158. The molecule has 1 aromatic heterocycles. The first-order valence-corrected chi connectivity index (χ1v) is 11.4. The van der Waals surface area contributed by atoms with Crippen LogP contribution in [0.1, 0.15) is 51.2 Å². The number of rotatable bonds is 6. The van der Waals surface area contributed by atoms with Crippen LogP contribution < -0.4 is 4.90 Å². The molecule has 178 valence electrons. The van der Waals surface area contributed by atoms with Crippen LogP contribution in [0.25, 0.3) is 0 Å². The molecule has 3 rings (SSSR count). The van der Waals surface area contributed by atoms with Gasteiger partial charge in [0.05, 0.1) is 6.42 Å². The molecular weight excluding hydrogens is 444 g/mol. The van der Waals surface area contributed by atoms with Gasteiger partial charge in [-0.1, -0.05) is 48.9 Å². The Morgan fingerprint density at radius 2 is 1.76 bits per heavy atom. The molecule has 1 amide bonds. The number of carbonyl (C=O) groups is 2. The van der Waals surface area contributed by atoms with Crippen LogP contribution in [0.15, 0.2) is 36.7 Å². The zero-order valence-electron chi connectivity index (χ0n) is 19.6. The van der Waals surface area contributed by atoms with Gasteiger partial charge >= 0.3 is 12.1 Å². The largest absolute Gasteiger partial charge is 0.461 e. The predicted octanol–water partition coefficient (Wildman–Crippen LogP) is 4.42. The quantitative estimate of drug-likeness (QED) is 0.452. The van der Waals surface area contributed by atoms with E-state index in [0.717, 1.165) is 5.56 Å². The van der Waals surface area contributed by atoms with Crippen molar-refractivity contribution in [2.45, 2.75) is 52.2 Å². The highest BCUT2D eigenvalue weighted by Gasteiger charge is 2.29. The summed E-state index contributed by atoms with van der Waals surface area (Å²) in [6.07, 6.45) is 1.25. The second kappa shape index (κ2) is 10.8. The van der Waals surface area contributed by atoms with Crippen LogP contribution in [0.4, 0.5) is 10.6 Å². The first-order chi connectivity index (χ1) is 15.6. The lowest BCUT2D eigenvalue weighted by Gasteiger charge is -2.37. The third-order valence-electron chi connectivity index (χ3n) is 5.25. The van der Waals surface area contributed by atoms with E-state index in [1.54, 1.807) is 4.90 Å². The second-order valence-electron chi connectivity index (χ2n) is 9.11. The average molecular weight is 475 g/mol. The van der Waals surface area contributed by atoms with Crippen LogP contribution in [-0.4, -0.2) is 58.7 Å². The van der Waals surface area contributed by atoms with Gasteiger partial charge in [-0.2, -0.15) is 0 Å². The van der Waals surface area contributed by atoms with Crippen molar-refractivity contribution in [2.75, 3.05) is 31.1 Å². The number of piperazine rings is 1. The molecule has 1 unspecified atom stereocenters. The number of anilines is 1. The van der Waals surface area contributed by atoms with Gasteiger partial charge in [-0.05, 0) is 32.3 Å². The van der Waals surface area contributed by atoms with E-state index < -0.39 is 5.60 Å². The molecule has 8 nitrogen and oxygen atoms in total. The molecule has 33 heavy (non-hydrogen) atoms. The lowest BCUT2D eigenvalue weighted by atomic mass is 9.99. The summed E-state index contributed by atoms with van der Waals surface area (Å²) in [5.74, 6) is 0.134. The Bertz CT molecular complexity index is 957. The number of amides is 1. The molecule has 0 bridgehead atoms.